The van der Waals surface area contributed by atoms with Crippen LogP contribution in [-0.4, -0.2) is 23.5 Å². The van der Waals surface area contributed by atoms with E-state index in [1.807, 2.05) is 12.6 Å². The molecule has 0 aliphatic heterocycles. The molecule has 12 heavy (non-hydrogen) atoms. The zero-order valence-corrected chi connectivity index (χ0v) is 10.8. The van der Waals surface area contributed by atoms with Crippen molar-refractivity contribution in [3.8, 4) is 0 Å². The lowest BCUT2D eigenvalue weighted by atomic mass is 10.9. The van der Waals surface area contributed by atoms with E-state index in [4.69, 9.17) is 8.54 Å². The third-order valence-corrected chi connectivity index (χ3v) is 7.53. The molecular formula is C8H20O2Si2. The number of rotatable bonds is 5. The summed E-state index contributed by atoms with van der Waals surface area (Å²) in [7, 11) is -3.52. The Morgan fingerprint density at radius 3 is 2.08 bits per heavy atom. The Balaban J connectivity index is 4.12. The molecule has 0 saturated carbocycles. The third kappa shape index (κ3) is 4.87. The van der Waals surface area contributed by atoms with Crippen molar-refractivity contribution in [1.82, 2.24) is 0 Å². The van der Waals surface area contributed by atoms with Crippen LogP contribution < -0.4 is 0 Å². The first-order valence-electron chi connectivity index (χ1n) is 4.31. The van der Waals surface area contributed by atoms with Gasteiger partial charge in [-0.25, -0.2) is 0 Å². The Labute approximate surface area is 78.0 Å². The lowest BCUT2D eigenvalue weighted by molar-refractivity contribution is 0.263. The molecule has 0 spiro atoms. The summed E-state index contributed by atoms with van der Waals surface area (Å²) >= 11 is 0. The lowest BCUT2D eigenvalue weighted by Crippen LogP contribution is -2.45. The van der Waals surface area contributed by atoms with Crippen LogP contribution in [0.1, 0.15) is 6.92 Å². The Bertz CT molecular complexity index is 155. The lowest BCUT2D eigenvalue weighted by Gasteiger charge is -2.30. The van der Waals surface area contributed by atoms with Crippen molar-refractivity contribution < 1.29 is 8.54 Å². The van der Waals surface area contributed by atoms with Gasteiger partial charge >= 0.3 is 8.56 Å². The average molecular weight is 204 g/mol. The molecular weight excluding hydrogens is 184 g/mol. The fraction of sp³-hybridized carbons (Fsp3) is 0.750. The minimum atomic E-state index is -1.87. The summed E-state index contributed by atoms with van der Waals surface area (Å²) in [5.74, 6) is 0. The Kier molecular flexibility index (Phi) is 4.40. The van der Waals surface area contributed by atoms with Crippen molar-refractivity contribution in [3.05, 3.63) is 12.3 Å². The molecule has 72 valence electrons. The van der Waals surface area contributed by atoms with Crippen molar-refractivity contribution in [2.24, 2.45) is 0 Å². The van der Waals surface area contributed by atoms with E-state index in [1.165, 1.54) is 0 Å². The van der Waals surface area contributed by atoms with Crippen LogP contribution >= 0.6 is 0 Å². The molecule has 4 heteroatoms. The molecule has 0 N–H and O–H groups in total. The Morgan fingerprint density at radius 2 is 1.75 bits per heavy atom. The molecule has 0 heterocycles. The molecule has 0 aliphatic carbocycles. The van der Waals surface area contributed by atoms with Crippen molar-refractivity contribution in [1.29, 1.82) is 0 Å². The second kappa shape index (κ2) is 4.36. The third-order valence-electron chi connectivity index (χ3n) is 1.49. The van der Waals surface area contributed by atoms with Crippen LogP contribution in [-0.2, 0) is 8.54 Å². The highest BCUT2D eigenvalue weighted by molar-refractivity contribution is 6.85. The van der Waals surface area contributed by atoms with E-state index in [2.05, 4.69) is 32.8 Å². The average Bonchev–Trinajstić information content (AvgIpc) is 1.85. The second-order valence-corrected chi connectivity index (χ2v) is 11.3. The van der Waals surface area contributed by atoms with Gasteiger partial charge in [0, 0.05) is 6.61 Å². The van der Waals surface area contributed by atoms with Crippen LogP contribution in [0.2, 0.25) is 26.2 Å². The fourth-order valence-corrected chi connectivity index (χ4v) is 7.38. The molecule has 0 rings (SSSR count). The minimum Gasteiger partial charge on any atom is -0.433 e. The second-order valence-electron chi connectivity index (χ2n) is 3.74. The van der Waals surface area contributed by atoms with E-state index in [-0.39, 0.29) is 0 Å². The van der Waals surface area contributed by atoms with Gasteiger partial charge in [0.1, 0.15) is 0 Å². The maximum atomic E-state index is 5.95. The molecule has 0 saturated heterocycles. The molecule has 2 nitrogen and oxygen atoms in total. The molecule has 0 unspecified atom stereocenters. The van der Waals surface area contributed by atoms with Gasteiger partial charge in [-0.2, -0.15) is 0 Å². The molecule has 0 aromatic heterocycles. The summed E-state index contributed by atoms with van der Waals surface area (Å²) < 4.78 is 11.5. The van der Waals surface area contributed by atoms with Gasteiger partial charge in [0.2, 0.25) is 0 Å². The first kappa shape index (κ1) is 12.1. The minimum absolute atomic E-state index is 0.737. The maximum absolute atomic E-state index is 5.95. The summed E-state index contributed by atoms with van der Waals surface area (Å²) in [6.45, 7) is 14.9. The highest BCUT2D eigenvalue weighted by atomic mass is 28.4. The highest BCUT2D eigenvalue weighted by Gasteiger charge is 2.32. The van der Waals surface area contributed by atoms with Crippen LogP contribution in [0, 0.1) is 0 Å². The largest absolute Gasteiger partial charge is 0.433 e. The SMILES string of the molecule is C=C[Si](C)(C)O[Si](C)(C)OCC. The van der Waals surface area contributed by atoms with Crippen LogP contribution in [0.3, 0.4) is 0 Å². The predicted octanol–water partition coefficient (Wildman–Crippen LogP) is 2.67. The number of hydrogen-bond acceptors (Lipinski definition) is 2. The van der Waals surface area contributed by atoms with Crippen molar-refractivity contribution in [2.45, 2.75) is 33.1 Å². The fourth-order valence-electron chi connectivity index (χ4n) is 1.05. The van der Waals surface area contributed by atoms with Crippen LogP contribution in [0.5, 0.6) is 0 Å². The Morgan fingerprint density at radius 1 is 1.25 bits per heavy atom. The molecule has 0 aliphatic rings. The molecule has 0 bridgehead atoms. The summed E-state index contributed by atoms with van der Waals surface area (Å²) in [6, 6.07) is 0. The van der Waals surface area contributed by atoms with Gasteiger partial charge in [-0.3, -0.25) is 0 Å². The van der Waals surface area contributed by atoms with Crippen LogP contribution in [0.15, 0.2) is 12.3 Å². The molecule has 0 aromatic rings. The highest BCUT2D eigenvalue weighted by Crippen LogP contribution is 2.15. The van der Waals surface area contributed by atoms with Crippen LogP contribution in [0.4, 0.5) is 0 Å². The molecule has 0 fully saturated rings. The summed E-state index contributed by atoms with van der Waals surface area (Å²) in [5, 5.41) is 0. The smallest absolute Gasteiger partial charge is 0.321 e. The molecule has 0 aromatic carbocycles. The first-order valence-corrected chi connectivity index (χ1v) is 10.1. The van der Waals surface area contributed by atoms with Crippen molar-refractivity contribution >= 4 is 16.9 Å². The normalized spacial score (nSPS) is 13.1. The quantitative estimate of drug-likeness (QED) is 0.641. The summed E-state index contributed by atoms with van der Waals surface area (Å²) in [4.78, 5) is 0. The van der Waals surface area contributed by atoms with Gasteiger partial charge in [0.25, 0.3) is 0 Å². The standard InChI is InChI=1S/C8H20O2Si2/c1-7-9-12(5,6)10-11(3,4)8-2/h8H,2,7H2,1,3-6H3. The predicted molar refractivity (Wildman–Crippen MR) is 57.9 cm³/mol. The van der Waals surface area contributed by atoms with Gasteiger partial charge in [0.15, 0.2) is 8.32 Å². The molecule has 0 radical (unpaired) electrons. The molecule has 0 atom stereocenters. The zero-order chi connectivity index (χ0) is 9.83. The van der Waals surface area contributed by atoms with Gasteiger partial charge in [-0.15, -0.1) is 6.58 Å². The zero-order valence-electron chi connectivity index (χ0n) is 8.81. The summed E-state index contributed by atoms with van der Waals surface area (Å²) in [5.41, 5.74) is 1.95. The van der Waals surface area contributed by atoms with E-state index in [1.54, 1.807) is 0 Å². The maximum Gasteiger partial charge on any atom is 0.321 e. The van der Waals surface area contributed by atoms with Gasteiger partial charge in [-0.05, 0) is 33.1 Å². The molecule has 0 amide bonds. The van der Waals surface area contributed by atoms with E-state index in [0.29, 0.717) is 0 Å². The monoisotopic (exact) mass is 204 g/mol. The van der Waals surface area contributed by atoms with E-state index in [9.17, 15) is 0 Å². The van der Waals surface area contributed by atoms with E-state index >= 15 is 0 Å². The van der Waals surface area contributed by atoms with E-state index in [0.717, 1.165) is 6.61 Å². The van der Waals surface area contributed by atoms with Crippen molar-refractivity contribution in [3.63, 3.8) is 0 Å². The number of hydrogen-bond donors (Lipinski definition) is 0. The van der Waals surface area contributed by atoms with E-state index < -0.39 is 16.9 Å². The van der Waals surface area contributed by atoms with Crippen LogP contribution in [0.25, 0.3) is 0 Å². The summed E-state index contributed by atoms with van der Waals surface area (Å²) in [6.07, 6.45) is 0. The van der Waals surface area contributed by atoms with Gasteiger partial charge < -0.3 is 8.54 Å². The Hall–Kier alpha value is 0.0938. The topological polar surface area (TPSA) is 18.5 Å². The van der Waals surface area contributed by atoms with Gasteiger partial charge in [0.05, 0.1) is 0 Å². The first-order chi connectivity index (χ1) is 5.33. The van der Waals surface area contributed by atoms with Crippen molar-refractivity contribution in [2.75, 3.05) is 6.61 Å². The van der Waals surface area contributed by atoms with Gasteiger partial charge in [-0.1, -0.05) is 5.70 Å².